The maximum absolute atomic E-state index is 14.8. The Morgan fingerprint density at radius 3 is 2.86 bits per heavy atom. The van der Waals surface area contributed by atoms with Gasteiger partial charge in [-0.05, 0) is 18.2 Å². The van der Waals surface area contributed by atoms with E-state index in [1.54, 1.807) is 25.4 Å². The van der Waals surface area contributed by atoms with Crippen LogP contribution in [0.2, 0.25) is 0 Å². The molecule has 8 heteroatoms. The summed E-state index contributed by atoms with van der Waals surface area (Å²) in [7, 11) is 1.62. The number of carbonyl (C=O) groups excluding carboxylic acids is 1. The predicted octanol–water partition coefficient (Wildman–Crippen LogP) is 4.10. The van der Waals surface area contributed by atoms with Crippen LogP contribution in [0.1, 0.15) is 11.1 Å². The number of aromatic amines is 1. The summed E-state index contributed by atoms with van der Waals surface area (Å²) >= 11 is 0. The predicted molar refractivity (Wildman–Crippen MR) is 96.0 cm³/mol. The number of nitriles is 1. The lowest BCUT2D eigenvalue weighted by molar-refractivity contribution is 0.134. The maximum atomic E-state index is 14.8. The number of nitrogens with zero attached hydrogens (tertiary/aromatic N) is 2. The van der Waals surface area contributed by atoms with E-state index in [1.807, 2.05) is 0 Å². The van der Waals surface area contributed by atoms with Crippen LogP contribution in [0.3, 0.4) is 0 Å². The Bertz CT molecular complexity index is 1120. The minimum atomic E-state index is -0.683. The highest BCUT2D eigenvalue weighted by molar-refractivity contribution is 5.86. The monoisotopic (exact) mass is 383 g/mol. The molecule has 1 aliphatic rings. The molecule has 0 saturated carbocycles. The number of cyclic esters (lactones) is 1. The highest BCUT2D eigenvalue weighted by Gasteiger charge is 2.30. The lowest BCUT2D eigenvalue weighted by Crippen LogP contribution is -2.20. The first-order valence-electron chi connectivity index (χ1n) is 8.54. The lowest BCUT2D eigenvalue weighted by Gasteiger charge is -2.16. The van der Waals surface area contributed by atoms with Gasteiger partial charge in [0.05, 0.1) is 12.1 Å². The van der Waals surface area contributed by atoms with Gasteiger partial charge in [-0.15, -0.1) is 0 Å². The third kappa shape index (κ3) is 3.11. The largest absolute Gasteiger partial charge is 0.454 e. The quantitative estimate of drug-likeness (QED) is 0.736. The Morgan fingerprint density at radius 2 is 2.14 bits per heavy atom. The maximum Gasteiger partial charge on any atom is 0.409 e. The molecule has 1 saturated heterocycles. The summed E-state index contributed by atoms with van der Waals surface area (Å²) in [5.74, 6) is -1.22. The molecule has 28 heavy (non-hydrogen) atoms. The number of halogens is 2. The highest BCUT2D eigenvalue weighted by atomic mass is 19.1. The molecule has 1 fully saturated rings. The van der Waals surface area contributed by atoms with Crippen LogP contribution in [0.15, 0.2) is 36.5 Å². The van der Waals surface area contributed by atoms with E-state index in [1.165, 1.54) is 23.1 Å². The van der Waals surface area contributed by atoms with Gasteiger partial charge in [0.15, 0.2) is 11.6 Å². The Balaban J connectivity index is 1.76. The van der Waals surface area contributed by atoms with Gasteiger partial charge in [-0.2, -0.15) is 5.26 Å². The minimum Gasteiger partial charge on any atom is -0.454 e. The number of H-pyrrole nitrogens is 1. The summed E-state index contributed by atoms with van der Waals surface area (Å²) in [4.78, 5) is 16.1. The van der Waals surface area contributed by atoms with Crippen molar-refractivity contribution < 1.29 is 23.0 Å². The van der Waals surface area contributed by atoms with Gasteiger partial charge in [-0.25, -0.2) is 13.6 Å². The fourth-order valence-electron chi connectivity index (χ4n) is 3.29. The van der Waals surface area contributed by atoms with Gasteiger partial charge in [-0.3, -0.25) is 0 Å². The van der Waals surface area contributed by atoms with E-state index in [2.05, 4.69) is 4.98 Å². The molecule has 1 aromatic heterocycles. The average molecular weight is 383 g/mol. The van der Waals surface area contributed by atoms with Gasteiger partial charge < -0.3 is 19.4 Å². The molecule has 0 radical (unpaired) electrons. The van der Waals surface area contributed by atoms with Gasteiger partial charge in [0.2, 0.25) is 0 Å². The summed E-state index contributed by atoms with van der Waals surface area (Å²) in [6.45, 7) is 0.371. The van der Waals surface area contributed by atoms with Crippen LogP contribution in [0.4, 0.5) is 13.6 Å². The summed E-state index contributed by atoms with van der Waals surface area (Å²) in [5.41, 5.74) is 0.898. The molecule has 1 aliphatic heterocycles. The van der Waals surface area contributed by atoms with Crippen molar-refractivity contribution in [3.05, 3.63) is 59.3 Å². The summed E-state index contributed by atoms with van der Waals surface area (Å²) in [6.07, 6.45) is 1.02. The number of carbonyl (C=O) groups is 1. The second-order valence-corrected chi connectivity index (χ2v) is 6.55. The van der Waals surface area contributed by atoms with Crippen LogP contribution in [-0.2, 0) is 11.2 Å². The molecule has 2 heterocycles. The van der Waals surface area contributed by atoms with Crippen LogP contribution < -0.4 is 4.74 Å². The Morgan fingerprint density at radius 1 is 1.32 bits per heavy atom. The number of hydrogen-bond acceptors (Lipinski definition) is 4. The molecule has 0 spiro atoms. The zero-order valence-corrected chi connectivity index (χ0v) is 14.8. The fourth-order valence-corrected chi connectivity index (χ4v) is 3.29. The standard InChI is InChI=1S/C20H15F2N3O3/c1-25-10-13(28-20(25)26)7-15-14-4-5-24-18(14)8-17(22)19(15)27-12-2-3-16(21)11(6-12)9-23/h2-6,8,13,24H,7,10H2,1H3. The van der Waals surface area contributed by atoms with Gasteiger partial charge in [0.25, 0.3) is 0 Å². The minimum absolute atomic E-state index is 0.0480. The molecular formula is C20H15F2N3O3. The molecule has 3 aromatic rings. The number of likely N-dealkylation sites (N-methyl/N-ethyl adjacent to an activating group) is 1. The molecule has 142 valence electrons. The number of amides is 1. The number of ether oxygens (including phenoxy) is 2. The van der Waals surface area contributed by atoms with Gasteiger partial charge in [0, 0.05) is 48.3 Å². The van der Waals surface area contributed by atoms with E-state index in [-0.39, 0.29) is 23.5 Å². The van der Waals surface area contributed by atoms with Crippen molar-refractivity contribution in [1.82, 2.24) is 9.88 Å². The van der Waals surface area contributed by atoms with Crippen LogP contribution in [0.25, 0.3) is 10.9 Å². The first-order chi connectivity index (χ1) is 13.5. The first-order valence-corrected chi connectivity index (χ1v) is 8.54. The first kappa shape index (κ1) is 17.8. The summed E-state index contributed by atoms with van der Waals surface area (Å²) < 4.78 is 39.4. The van der Waals surface area contributed by atoms with Crippen LogP contribution in [-0.4, -0.2) is 35.7 Å². The van der Waals surface area contributed by atoms with E-state index < -0.39 is 23.8 Å². The number of nitrogens with one attached hydrogen (secondary N) is 1. The molecule has 6 nitrogen and oxygen atoms in total. The Hall–Kier alpha value is -3.60. The molecule has 1 N–H and O–H groups in total. The number of hydrogen-bond donors (Lipinski definition) is 1. The molecule has 2 aromatic carbocycles. The summed E-state index contributed by atoms with van der Waals surface area (Å²) in [5, 5.41) is 9.72. The van der Waals surface area contributed by atoms with Crippen LogP contribution in [0.5, 0.6) is 11.5 Å². The Labute approximate surface area is 158 Å². The van der Waals surface area contributed by atoms with E-state index in [0.717, 1.165) is 11.5 Å². The van der Waals surface area contributed by atoms with Crippen molar-refractivity contribution in [1.29, 1.82) is 5.26 Å². The molecular weight excluding hydrogens is 368 g/mol. The van der Waals surface area contributed by atoms with Crippen molar-refractivity contribution in [2.45, 2.75) is 12.5 Å². The van der Waals surface area contributed by atoms with E-state index in [0.29, 0.717) is 17.6 Å². The van der Waals surface area contributed by atoms with Crippen LogP contribution >= 0.6 is 0 Å². The molecule has 1 unspecified atom stereocenters. The molecule has 1 atom stereocenters. The smallest absolute Gasteiger partial charge is 0.409 e. The number of fused-ring (bicyclic) bond motifs is 1. The third-order valence-electron chi connectivity index (χ3n) is 4.63. The van der Waals surface area contributed by atoms with Crippen molar-refractivity contribution in [2.75, 3.05) is 13.6 Å². The zero-order chi connectivity index (χ0) is 19.8. The molecule has 0 aliphatic carbocycles. The van der Waals surface area contributed by atoms with E-state index in [9.17, 15) is 13.6 Å². The van der Waals surface area contributed by atoms with Crippen LogP contribution in [0, 0.1) is 23.0 Å². The molecule has 4 rings (SSSR count). The van der Waals surface area contributed by atoms with Gasteiger partial charge in [0.1, 0.15) is 23.7 Å². The third-order valence-corrected chi connectivity index (χ3v) is 4.63. The topological polar surface area (TPSA) is 78.3 Å². The van der Waals surface area contributed by atoms with Gasteiger partial charge in [-0.1, -0.05) is 0 Å². The van der Waals surface area contributed by atoms with Crippen molar-refractivity contribution in [3.63, 3.8) is 0 Å². The lowest BCUT2D eigenvalue weighted by atomic mass is 10.0. The van der Waals surface area contributed by atoms with E-state index >= 15 is 0 Å². The summed E-state index contributed by atoms with van der Waals surface area (Å²) in [6, 6.07) is 8.44. The second kappa shape index (κ2) is 6.85. The Kier molecular flexibility index (Phi) is 4.35. The zero-order valence-electron chi connectivity index (χ0n) is 14.8. The highest BCUT2D eigenvalue weighted by Crippen LogP contribution is 2.36. The second-order valence-electron chi connectivity index (χ2n) is 6.55. The van der Waals surface area contributed by atoms with Crippen molar-refractivity contribution >= 4 is 17.0 Å². The van der Waals surface area contributed by atoms with Gasteiger partial charge >= 0.3 is 6.09 Å². The SMILES string of the molecule is CN1CC(Cc2c(Oc3ccc(F)c(C#N)c3)c(F)cc3[nH]ccc23)OC1=O. The average Bonchev–Trinajstić information content (AvgIpc) is 3.25. The normalized spacial score (nSPS) is 16.3. The number of rotatable bonds is 4. The number of benzene rings is 2. The molecule has 1 amide bonds. The van der Waals surface area contributed by atoms with Crippen molar-refractivity contribution in [3.8, 4) is 17.6 Å². The number of aromatic nitrogens is 1. The fraction of sp³-hybridized carbons (Fsp3) is 0.200. The molecule has 0 bridgehead atoms. The van der Waals surface area contributed by atoms with Crippen molar-refractivity contribution in [2.24, 2.45) is 0 Å². The van der Waals surface area contributed by atoms with E-state index in [4.69, 9.17) is 14.7 Å².